The van der Waals surface area contributed by atoms with E-state index in [0.29, 0.717) is 27.8 Å². The highest BCUT2D eigenvalue weighted by Crippen LogP contribution is 2.18. The molecule has 3 rings (SSSR count). The molecule has 0 bridgehead atoms. The minimum absolute atomic E-state index is 0.221. The number of aromatic nitrogens is 3. The fraction of sp³-hybridized carbons (Fsp3) is 0.278. The van der Waals surface area contributed by atoms with E-state index in [1.54, 1.807) is 28.9 Å². The number of nitrogens with zero attached hydrogens (tertiary/aromatic N) is 3. The van der Waals surface area contributed by atoms with Crippen LogP contribution in [0.5, 0.6) is 5.75 Å². The summed E-state index contributed by atoms with van der Waals surface area (Å²) in [5.41, 5.74) is 1.67. The van der Waals surface area contributed by atoms with Crippen LogP contribution in [-0.2, 0) is 13.1 Å². The summed E-state index contributed by atoms with van der Waals surface area (Å²) in [6, 6.07) is 11.1. The zero-order valence-electron chi connectivity index (χ0n) is 14.6. The number of anilines is 1. The lowest BCUT2D eigenvalue weighted by Gasteiger charge is -2.06. The maximum atomic E-state index is 12.4. The van der Waals surface area contributed by atoms with E-state index in [1.165, 1.54) is 11.3 Å². The highest BCUT2D eigenvalue weighted by atomic mass is 32.1. The molecule has 0 aliphatic rings. The van der Waals surface area contributed by atoms with Gasteiger partial charge in [-0.05, 0) is 62.5 Å². The standard InChI is InChI=1S/C18H20N4O2S2/c1-3-21-11-5-6-14(21)12-22-18(25)26-17(20-22)19-16(23)13-7-9-15(10-8-13)24-4-2/h5-11H,3-4,12H2,1-2H3,(H,19,20,23). The molecule has 1 aromatic carbocycles. The summed E-state index contributed by atoms with van der Waals surface area (Å²) in [4.78, 5) is 12.4. The monoisotopic (exact) mass is 388 g/mol. The summed E-state index contributed by atoms with van der Waals surface area (Å²) in [5, 5.41) is 7.74. The normalized spacial score (nSPS) is 10.7. The first-order valence-corrected chi connectivity index (χ1v) is 9.59. The van der Waals surface area contributed by atoms with Crippen molar-refractivity contribution in [2.24, 2.45) is 0 Å². The maximum Gasteiger partial charge on any atom is 0.257 e. The number of carbonyl (C=O) groups excluding carboxylic acids is 1. The van der Waals surface area contributed by atoms with Crippen molar-refractivity contribution in [1.82, 2.24) is 14.3 Å². The second kappa shape index (κ2) is 8.29. The summed E-state index contributed by atoms with van der Waals surface area (Å²) in [6.07, 6.45) is 2.03. The van der Waals surface area contributed by atoms with Crippen molar-refractivity contribution in [3.05, 3.63) is 57.8 Å². The van der Waals surface area contributed by atoms with E-state index in [2.05, 4.69) is 21.9 Å². The van der Waals surface area contributed by atoms with E-state index in [-0.39, 0.29) is 5.91 Å². The quantitative estimate of drug-likeness (QED) is 0.617. The number of ether oxygens (including phenoxy) is 1. The van der Waals surface area contributed by atoms with E-state index in [4.69, 9.17) is 17.0 Å². The van der Waals surface area contributed by atoms with Crippen LogP contribution in [0, 0.1) is 3.95 Å². The average molecular weight is 389 g/mol. The summed E-state index contributed by atoms with van der Waals surface area (Å²) in [6.45, 7) is 6.07. The molecule has 0 unspecified atom stereocenters. The average Bonchev–Trinajstić information content (AvgIpc) is 3.22. The molecular formula is C18H20N4O2S2. The smallest absolute Gasteiger partial charge is 0.257 e. The Labute approximate surface area is 161 Å². The third-order valence-electron chi connectivity index (χ3n) is 3.83. The molecule has 1 N–H and O–H groups in total. The molecule has 0 saturated heterocycles. The first-order chi connectivity index (χ1) is 12.6. The third kappa shape index (κ3) is 4.20. The highest BCUT2D eigenvalue weighted by molar-refractivity contribution is 7.73. The van der Waals surface area contributed by atoms with Crippen molar-refractivity contribution in [2.75, 3.05) is 11.9 Å². The number of carbonyl (C=O) groups is 1. The van der Waals surface area contributed by atoms with Gasteiger partial charge in [0.05, 0.1) is 13.2 Å². The van der Waals surface area contributed by atoms with Crippen LogP contribution in [0.15, 0.2) is 42.6 Å². The molecule has 26 heavy (non-hydrogen) atoms. The molecule has 2 heterocycles. The van der Waals surface area contributed by atoms with Crippen LogP contribution in [0.4, 0.5) is 5.13 Å². The van der Waals surface area contributed by atoms with Crippen molar-refractivity contribution in [2.45, 2.75) is 26.9 Å². The molecule has 0 spiro atoms. The Bertz CT molecular complexity index is 941. The van der Waals surface area contributed by atoms with Gasteiger partial charge < -0.3 is 9.30 Å². The minimum Gasteiger partial charge on any atom is -0.494 e. The molecule has 2 aromatic heterocycles. The van der Waals surface area contributed by atoms with Gasteiger partial charge in [0, 0.05) is 24.0 Å². The first-order valence-electron chi connectivity index (χ1n) is 8.37. The lowest BCUT2D eigenvalue weighted by molar-refractivity contribution is 0.102. The number of hydrogen-bond donors (Lipinski definition) is 1. The molecule has 6 nitrogen and oxygen atoms in total. The predicted molar refractivity (Wildman–Crippen MR) is 106 cm³/mol. The lowest BCUT2D eigenvalue weighted by Crippen LogP contribution is -2.13. The number of benzene rings is 1. The van der Waals surface area contributed by atoms with Gasteiger partial charge in [0.2, 0.25) is 5.13 Å². The van der Waals surface area contributed by atoms with Crippen LogP contribution < -0.4 is 10.1 Å². The summed E-state index contributed by atoms with van der Waals surface area (Å²) >= 11 is 6.67. The molecule has 3 aromatic rings. The molecule has 0 aliphatic carbocycles. The van der Waals surface area contributed by atoms with Crippen LogP contribution in [-0.4, -0.2) is 26.9 Å². The molecule has 0 atom stereocenters. The second-order valence-corrected chi connectivity index (χ2v) is 7.15. The Morgan fingerprint density at radius 3 is 2.73 bits per heavy atom. The molecule has 136 valence electrons. The summed E-state index contributed by atoms with van der Waals surface area (Å²) < 4.78 is 9.88. The van der Waals surface area contributed by atoms with Gasteiger partial charge in [-0.1, -0.05) is 11.3 Å². The van der Waals surface area contributed by atoms with Gasteiger partial charge in [0.1, 0.15) is 5.75 Å². The van der Waals surface area contributed by atoms with E-state index >= 15 is 0 Å². The lowest BCUT2D eigenvalue weighted by atomic mass is 10.2. The number of hydrogen-bond acceptors (Lipinski definition) is 5. The molecule has 0 saturated carbocycles. The van der Waals surface area contributed by atoms with Crippen molar-refractivity contribution < 1.29 is 9.53 Å². The van der Waals surface area contributed by atoms with Gasteiger partial charge in [-0.15, -0.1) is 5.10 Å². The van der Waals surface area contributed by atoms with Gasteiger partial charge in [-0.25, -0.2) is 4.68 Å². The number of nitrogens with one attached hydrogen (secondary N) is 1. The Balaban J connectivity index is 1.70. The molecule has 0 radical (unpaired) electrons. The van der Waals surface area contributed by atoms with Crippen molar-refractivity contribution in [3.8, 4) is 5.75 Å². The number of aryl methyl sites for hydroxylation is 1. The first kappa shape index (κ1) is 18.3. The SMILES string of the molecule is CCOc1ccc(C(=O)Nc2nn(Cc3cccn3CC)c(=S)s2)cc1. The Hall–Kier alpha value is -2.45. The Morgan fingerprint density at radius 1 is 1.27 bits per heavy atom. The zero-order valence-corrected chi connectivity index (χ0v) is 16.3. The fourth-order valence-electron chi connectivity index (χ4n) is 2.55. The van der Waals surface area contributed by atoms with Crippen LogP contribution in [0.2, 0.25) is 0 Å². The van der Waals surface area contributed by atoms with Crippen LogP contribution >= 0.6 is 23.6 Å². The maximum absolute atomic E-state index is 12.4. The largest absolute Gasteiger partial charge is 0.494 e. The topological polar surface area (TPSA) is 61.1 Å². The van der Waals surface area contributed by atoms with E-state index < -0.39 is 0 Å². The zero-order chi connectivity index (χ0) is 18.5. The van der Waals surface area contributed by atoms with Crippen LogP contribution in [0.25, 0.3) is 0 Å². The predicted octanol–water partition coefficient (Wildman–Crippen LogP) is 4.19. The van der Waals surface area contributed by atoms with Gasteiger partial charge >= 0.3 is 0 Å². The van der Waals surface area contributed by atoms with Crippen LogP contribution in [0.1, 0.15) is 29.9 Å². The van der Waals surface area contributed by atoms with Gasteiger partial charge in [-0.2, -0.15) is 0 Å². The van der Waals surface area contributed by atoms with Crippen molar-refractivity contribution in [3.63, 3.8) is 0 Å². The minimum atomic E-state index is -0.221. The Kier molecular flexibility index (Phi) is 5.85. The van der Waals surface area contributed by atoms with Gasteiger partial charge in [-0.3, -0.25) is 10.1 Å². The van der Waals surface area contributed by atoms with E-state index in [0.717, 1.165) is 18.0 Å². The van der Waals surface area contributed by atoms with Gasteiger partial charge in [0.15, 0.2) is 3.95 Å². The highest BCUT2D eigenvalue weighted by Gasteiger charge is 2.11. The summed E-state index contributed by atoms with van der Waals surface area (Å²) in [7, 11) is 0. The third-order valence-corrected chi connectivity index (χ3v) is 5.05. The van der Waals surface area contributed by atoms with Crippen molar-refractivity contribution >= 4 is 34.6 Å². The van der Waals surface area contributed by atoms with Crippen molar-refractivity contribution in [1.29, 1.82) is 0 Å². The van der Waals surface area contributed by atoms with Crippen LogP contribution in [0.3, 0.4) is 0 Å². The molecule has 0 aliphatic heterocycles. The molecular weight excluding hydrogens is 368 g/mol. The second-order valence-electron chi connectivity index (χ2n) is 5.53. The number of amides is 1. The molecule has 8 heteroatoms. The molecule has 1 amide bonds. The fourth-order valence-corrected chi connectivity index (χ4v) is 3.55. The number of rotatable bonds is 7. The van der Waals surface area contributed by atoms with E-state index in [9.17, 15) is 4.79 Å². The van der Waals surface area contributed by atoms with Gasteiger partial charge in [0.25, 0.3) is 5.91 Å². The Morgan fingerprint density at radius 2 is 2.04 bits per heavy atom. The van der Waals surface area contributed by atoms with E-state index in [1.807, 2.05) is 25.3 Å². The summed E-state index contributed by atoms with van der Waals surface area (Å²) in [5.74, 6) is 0.517. The molecule has 0 fully saturated rings.